The Morgan fingerprint density at radius 3 is 2.44 bits per heavy atom. The lowest BCUT2D eigenvalue weighted by Crippen LogP contribution is -2.28. The number of aldehydes is 1. The van der Waals surface area contributed by atoms with E-state index in [2.05, 4.69) is 5.32 Å². The zero-order valence-electron chi connectivity index (χ0n) is 10.8. The average molecular weight is 270 g/mol. The number of methoxy groups -OCH3 is 1. The molecular weight excluding hydrogens is 254 g/mol. The van der Waals surface area contributed by atoms with E-state index in [0.717, 1.165) is 0 Å². The van der Waals surface area contributed by atoms with E-state index in [-0.39, 0.29) is 17.2 Å². The van der Waals surface area contributed by atoms with Crippen molar-refractivity contribution in [2.45, 2.75) is 20.8 Å². The molecule has 4 nitrogen and oxygen atoms in total. The summed E-state index contributed by atoms with van der Waals surface area (Å²) < 4.78 is 5.06. The first kappa shape index (κ1) is 14.5. The number of ether oxygens (including phenoxy) is 1. The van der Waals surface area contributed by atoms with Crippen LogP contribution >= 0.6 is 11.6 Å². The van der Waals surface area contributed by atoms with Crippen LogP contribution in [-0.2, 0) is 4.79 Å². The molecule has 0 spiro atoms. The Morgan fingerprint density at radius 1 is 1.39 bits per heavy atom. The number of carbonyl (C=O) groups is 2. The minimum absolute atomic E-state index is 0.185. The molecule has 1 aromatic rings. The third-order valence-electron chi connectivity index (χ3n) is 2.40. The number of hydrogen-bond acceptors (Lipinski definition) is 3. The number of carbonyl (C=O) groups excluding carboxylic acids is 2. The number of benzene rings is 1. The summed E-state index contributed by atoms with van der Waals surface area (Å²) in [5, 5.41) is 3.02. The monoisotopic (exact) mass is 269 g/mol. The Hall–Kier alpha value is -1.55. The number of amides is 1. The zero-order valence-corrected chi connectivity index (χ0v) is 11.6. The molecule has 0 aliphatic heterocycles. The van der Waals surface area contributed by atoms with Gasteiger partial charge in [-0.3, -0.25) is 9.59 Å². The largest absolute Gasteiger partial charge is 0.494 e. The van der Waals surface area contributed by atoms with E-state index in [1.165, 1.54) is 7.11 Å². The second kappa shape index (κ2) is 5.40. The number of halogens is 1. The van der Waals surface area contributed by atoms with Gasteiger partial charge in [0, 0.05) is 5.41 Å². The molecule has 0 atom stereocenters. The van der Waals surface area contributed by atoms with Crippen LogP contribution in [0.2, 0.25) is 5.02 Å². The maximum Gasteiger partial charge on any atom is 0.229 e. The van der Waals surface area contributed by atoms with Crippen LogP contribution in [0.5, 0.6) is 5.75 Å². The highest BCUT2D eigenvalue weighted by atomic mass is 35.5. The maximum atomic E-state index is 11.9. The first-order valence-electron chi connectivity index (χ1n) is 5.44. The van der Waals surface area contributed by atoms with Crippen molar-refractivity contribution in [1.82, 2.24) is 0 Å². The molecule has 0 fully saturated rings. The molecular formula is C13H16ClNO3. The SMILES string of the molecule is COc1c(Cl)ccc(NC(=O)C(C)(C)C)c1C=O. The average Bonchev–Trinajstić information content (AvgIpc) is 2.29. The van der Waals surface area contributed by atoms with Crippen molar-refractivity contribution >= 4 is 29.5 Å². The van der Waals surface area contributed by atoms with Crippen molar-refractivity contribution < 1.29 is 14.3 Å². The number of rotatable bonds is 3. The van der Waals surface area contributed by atoms with E-state index in [9.17, 15) is 9.59 Å². The summed E-state index contributed by atoms with van der Waals surface area (Å²) in [5.74, 6) is 0.0772. The van der Waals surface area contributed by atoms with Crippen molar-refractivity contribution in [3.63, 3.8) is 0 Å². The van der Waals surface area contributed by atoms with Crippen molar-refractivity contribution in [2.24, 2.45) is 5.41 Å². The molecule has 0 aromatic heterocycles. The number of hydrogen-bond donors (Lipinski definition) is 1. The zero-order chi connectivity index (χ0) is 13.9. The van der Waals surface area contributed by atoms with Gasteiger partial charge in [0.05, 0.1) is 23.4 Å². The van der Waals surface area contributed by atoms with E-state index < -0.39 is 5.41 Å². The standard InChI is InChI=1S/C13H16ClNO3/c1-13(2,3)12(17)15-10-6-5-9(14)11(18-4)8(10)7-16/h5-7H,1-4H3,(H,15,17). The Morgan fingerprint density at radius 2 is 2.00 bits per heavy atom. The molecule has 0 heterocycles. The molecule has 98 valence electrons. The molecule has 0 bridgehead atoms. The summed E-state index contributed by atoms with van der Waals surface area (Å²) in [6.07, 6.45) is 0.614. The highest BCUT2D eigenvalue weighted by molar-refractivity contribution is 6.32. The molecule has 0 unspecified atom stereocenters. The molecule has 18 heavy (non-hydrogen) atoms. The fourth-order valence-corrected chi connectivity index (χ4v) is 1.56. The fourth-order valence-electron chi connectivity index (χ4n) is 1.32. The smallest absolute Gasteiger partial charge is 0.229 e. The molecule has 0 radical (unpaired) electrons. The third-order valence-corrected chi connectivity index (χ3v) is 2.70. The maximum absolute atomic E-state index is 11.9. The van der Waals surface area contributed by atoms with Gasteiger partial charge in [0.25, 0.3) is 0 Å². The summed E-state index contributed by atoms with van der Waals surface area (Å²) in [6.45, 7) is 5.36. The predicted molar refractivity (Wildman–Crippen MR) is 71.5 cm³/mol. The molecule has 1 aromatic carbocycles. The lowest BCUT2D eigenvalue weighted by Gasteiger charge is -2.19. The van der Waals surface area contributed by atoms with E-state index in [1.54, 1.807) is 32.9 Å². The van der Waals surface area contributed by atoms with E-state index in [0.29, 0.717) is 17.0 Å². The summed E-state index contributed by atoms with van der Waals surface area (Å²) in [4.78, 5) is 23.0. The van der Waals surface area contributed by atoms with Gasteiger partial charge in [-0.05, 0) is 12.1 Å². The van der Waals surface area contributed by atoms with Crippen molar-refractivity contribution in [3.8, 4) is 5.75 Å². The van der Waals surface area contributed by atoms with Gasteiger partial charge in [-0.25, -0.2) is 0 Å². The molecule has 5 heteroatoms. The highest BCUT2D eigenvalue weighted by Gasteiger charge is 2.23. The highest BCUT2D eigenvalue weighted by Crippen LogP contribution is 2.33. The van der Waals surface area contributed by atoms with Crippen molar-refractivity contribution in [2.75, 3.05) is 12.4 Å². The van der Waals surface area contributed by atoms with Gasteiger partial charge in [-0.2, -0.15) is 0 Å². The first-order chi connectivity index (χ1) is 8.31. The molecule has 0 saturated heterocycles. The fraction of sp³-hybridized carbons (Fsp3) is 0.385. The predicted octanol–water partition coefficient (Wildman–Crippen LogP) is 3.15. The van der Waals surface area contributed by atoms with E-state index in [4.69, 9.17) is 16.3 Å². The topological polar surface area (TPSA) is 55.4 Å². The summed E-state index contributed by atoms with van der Waals surface area (Å²) in [6, 6.07) is 3.16. The Labute approximate surface area is 111 Å². The van der Waals surface area contributed by atoms with Crippen LogP contribution in [0.4, 0.5) is 5.69 Å². The lowest BCUT2D eigenvalue weighted by molar-refractivity contribution is -0.123. The van der Waals surface area contributed by atoms with Gasteiger partial charge in [0.2, 0.25) is 5.91 Å². The van der Waals surface area contributed by atoms with Crippen molar-refractivity contribution in [1.29, 1.82) is 0 Å². The Balaban J connectivity index is 3.18. The van der Waals surface area contributed by atoms with Crippen LogP contribution in [0, 0.1) is 5.41 Å². The van der Waals surface area contributed by atoms with Gasteiger partial charge in [0.15, 0.2) is 6.29 Å². The van der Waals surface area contributed by atoms with Crippen LogP contribution in [0.3, 0.4) is 0 Å². The second-order valence-electron chi connectivity index (χ2n) is 4.86. The molecule has 0 saturated carbocycles. The number of nitrogens with one attached hydrogen (secondary N) is 1. The number of anilines is 1. The van der Waals surface area contributed by atoms with Gasteiger partial charge < -0.3 is 10.1 Å². The minimum atomic E-state index is -0.549. The normalized spacial score (nSPS) is 10.9. The van der Waals surface area contributed by atoms with Gasteiger partial charge in [0.1, 0.15) is 5.75 Å². The molecule has 1 N–H and O–H groups in total. The van der Waals surface area contributed by atoms with Gasteiger partial charge >= 0.3 is 0 Å². The van der Waals surface area contributed by atoms with Gasteiger partial charge in [-0.1, -0.05) is 32.4 Å². The van der Waals surface area contributed by atoms with Crippen LogP contribution in [0.15, 0.2) is 12.1 Å². The molecule has 1 amide bonds. The Kier molecular flexibility index (Phi) is 4.35. The van der Waals surface area contributed by atoms with Crippen LogP contribution in [-0.4, -0.2) is 19.3 Å². The summed E-state index contributed by atoms with van der Waals surface area (Å²) in [7, 11) is 1.42. The summed E-state index contributed by atoms with van der Waals surface area (Å²) >= 11 is 5.91. The Bertz CT molecular complexity index is 478. The minimum Gasteiger partial charge on any atom is -0.494 e. The van der Waals surface area contributed by atoms with Crippen LogP contribution < -0.4 is 10.1 Å². The molecule has 1 rings (SSSR count). The first-order valence-corrected chi connectivity index (χ1v) is 5.82. The second-order valence-corrected chi connectivity index (χ2v) is 5.27. The van der Waals surface area contributed by atoms with E-state index >= 15 is 0 Å². The lowest BCUT2D eigenvalue weighted by atomic mass is 9.95. The molecule has 0 aliphatic carbocycles. The molecule has 0 aliphatic rings. The summed E-state index contributed by atoms with van der Waals surface area (Å²) in [5.41, 5.74) is 0.0845. The third kappa shape index (κ3) is 3.01. The van der Waals surface area contributed by atoms with E-state index in [1.807, 2.05) is 0 Å². The quantitative estimate of drug-likeness (QED) is 0.858. The van der Waals surface area contributed by atoms with Crippen LogP contribution in [0.1, 0.15) is 31.1 Å². The van der Waals surface area contributed by atoms with Gasteiger partial charge in [-0.15, -0.1) is 0 Å². The van der Waals surface area contributed by atoms with Crippen molar-refractivity contribution in [3.05, 3.63) is 22.7 Å². The van der Waals surface area contributed by atoms with Crippen LogP contribution in [0.25, 0.3) is 0 Å².